The molecule has 2 N–H and O–H groups in total. The zero-order valence-corrected chi connectivity index (χ0v) is 14.0. The number of aliphatic hydroxyl groups is 1. The van der Waals surface area contributed by atoms with Crippen LogP contribution in [-0.2, 0) is 0 Å². The average Bonchev–Trinajstić information content (AvgIpc) is 3.03. The van der Waals surface area contributed by atoms with Crippen molar-refractivity contribution in [1.82, 2.24) is 4.98 Å². The Bertz CT molecular complexity index is 833. The summed E-state index contributed by atoms with van der Waals surface area (Å²) in [7, 11) is 0. The van der Waals surface area contributed by atoms with Crippen molar-refractivity contribution in [2.45, 2.75) is 38.7 Å². The molecule has 2 heteroatoms. The number of rotatable bonds is 5. The molecule has 1 heterocycles. The molecule has 0 saturated heterocycles. The van der Waals surface area contributed by atoms with Gasteiger partial charge in [0, 0.05) is 16.5 Å². The van der Waals surface area contributed by atoms with Crippen LogP contribution >= 0.6 is 0 Å². The number of aromatic amines is 1. The number of aliphatic hydroxyl groups excluding tert-OH is 1. The Balaban J connectivity index is 1.75. The lowest BCUT2D eigenvalue weighted by atomic mass is 10.0. The summed E-state index contributed by atoms with van der Waals surface area (Å²) in [5.41, 5.74) is 3.89. The van der Waals surface area contributed by atoms with Crippen LogP contribution in [0.4, 0.5) is 0 Å². The number of unbranched alkanes of at least 4 members (excludes halogenated alkanes) is 2. The monoisotopic (exact) mass is 317 g/mol. The first-order chi connectivity index (χ1) is 11.8. The zero-order valence-electron chi connectivity index (χ0n) is 14.0. The van der Waals surface area contributed by atoms with E-state index in [0.717, 1.165) is 41.6 Å². The maximum absolute atomic E-state index is 10.3. The SMILES string of the molecule is CCCCCC(O)c1cccc(C#Cc2cc3ccccc3[nH]2)c1. The predicted octanol–water partition coefficient (Wildman–Crippen LogP) is 5.18. The second-order valence-electron chi connectivity index (χ2n) is 6.16. The Morgan fingerprint density at radius 2 is 1.88 bits per heavy atom. The second-order valence-corrected chi connectivity index (χ2v) is 6.16. The standard InChI is InChI=1S/C22H23NO/c1-2-3-4-12-22(24)19-10-7-8-17(15-19)13-14-20-16-18-9-5-6-11-21(18)23-20/h5-11,15-16,22-24H,2-4,12H2,1H3. The minimum Gasteiger partial charge on any atom is -0.388 e. The summed E-state index contributed by atoms with van der Waals surface area (Å²) in [6.07, 6.45) is 3.81. The molecule has 0 amide bonds. The van der Waals surface area contributed by atoms with E-state index in [2.05, 4.69) is 35.9 Å². The third kappa shape index (κ3) is 4.07. The van der Waals surface area contributed by atoms with E-state index in [4.69, 9.17) is 0 Å². The molecule has 24 heavy (non-hydrogen) atoms. The molecule has 0 spiro atoms. The molecule has 2 aromatic carbocycles. The maximum Gasteiger partial charge on any atom is 0.0908 e. The molecule has 0 bridgehead atoms. The molecular formula is C22H23NO. The molecule has 0 aliphatic heterocycles. The van der Waals surface area contributed by atoms with Crippen LogP contribution in [0, 0.1) is 11.8 Å². The van der Waals surface area contributed by atoms with Gasteiger partial charge in [0.25, 0.3) is 0 Å². The Labute approximate surface area is 143 Å². The van der Waals surface area contributed by atoms with E-state index in [-0.39, 0.29) is 0 Å². The first-order valence-electron chi connectivity index (χ1n) is 8.64. The number of hydrogen-bond acceptors (Lipinski definition) is 1. The van der Waals surface area contributed by atoms with Crippen LogP contribution in [0.15, 0.2) is 54.6 Å². The van der Waals surface area contributed by atoms with Crippen molar-refractivity contribution >= 4 is 10.9 Å². The van der Waals surface area contributed by atoms with E-state index in [1.54, 1.807) is 0 Å². The van der Waals surface area contributed by atoms with Crippen molar-refractivity contribution in [1.29, 1.82) is 0 Å². The Kier molecular flexibility index (Phi) is 5.36. The minimum absolute atomic E-state index is 0.397. The number of hydrogen-bond donors (Lipinski definition) is 2. The van der Waals surface area contributed by atoms with Crippen LogP contribution in [-0.4, -0.2) is 10.1 Å². The number of H-pyrrole nitrogens is 1. The quantitative estimate of drug-likeness (QED) is 0.493. The van der Waals surface area contributed by atoms with Gasteiger partial charge in [-0.05, 0) is 42.2 Å². The van der Waals surface area contributed by atoms with E-state index in [1.807, 2.05) is 42.5 Å². The zero-order chi connectivity index (χ0) is 16.8. The number of benzene rings is 2. The number of nitrogens with one attached hydrogen (secondary N) is 1. The Morgan fingerprint density at radius 1 is 1.00 bits per heavy atom. The van der Waals surface area contributed by atoms with Gasteiger partial charge in [0.2, 0.25) is 0 Å². The van der Waals surface area contributed by atoms with Crippen molar-refractivity contribution in [2.75, 3.05) is 0 Å². The molecule has 2 nitrogen and oxygen atoms in total. The van der Waals surface area contributed by atoms with Gasteiger partial charge < -0.3 is 10.1 Å². The van der Waals surface area contributed by atoms with Crippen molar-refractivity contribution in [3.8, 4) is 11.8 Å². The highest BCUT2D eigenvalue weighted by atomic mass is 16.3. The lowest BCUT2D eigenvalue weighted by molar-refractivity contribution is 0.163. The van der Waals surface area contributed by atoms with Gasteiger partial charge in [-0.3, -0.25) is 0 Å². The normalized spacial score (nSPS) is 11.9. The predicted molar refractivity (Wildman–Crippen MR) is 99.8 cm³/mol. The summed E-state index contributed by atoms with van der Waals surface area (Å²) < 4.78 is 0. The number of aromatic nitrogens is 1. The fourth-order valence-corrected chi connectivity index (χ4v) is 2.86. The highest BCUT2D eigenvalue weighted by molar-refractivity contribution is 5.81. The van der Waals surface area contributed by atoms with E-state index >= 15 is 0 Å². The van der Waals surface area contributed by atoms with Crippen molar-refractivity contribution in [2.24, 2.45) is 0 Å². The summed E-state index contributed by atoms with van der Waals surface area (Å²) in [5, 5.41) is 11.5. The molecule has 3 rings (SSSR count). The first-order valence-corrected chi connectivity index (χ1v) is 8.64. The van der Waals surface area contributed by atoms with Gasteiger partial charge in [-0.2, -0.15) is 0 Å². The first kappa shape index (κ1) is 16.4. The van der Waals surface area contributed by atoms with Gasteiger partial charge in [-0.15, -0.1) is 0 Å². The van der Waals surface area contributed by atoms with Gasteiger partial charge in [-0.1, -0.05) is 62.4 Å². The van der Waals surface area contributed by atoms with E-state index in [1.165, 1.54) is 11.8 Å². The van der Waals surface area contributed by atoms with Crippen molar-refractivity contribution in [3.05, 3.63) is 71.4 Å². The average molecular weight is 317 g/mol. The fraction of sp³-hybridized carbons (Fsp3) is 0.273. The molecule has 1 unspecified atom stereocenters. The van der Waals surface area contributed by atoms with Crippen molar-refractivity contribution in [3.63, 3.8) is 0 Å². The van der Waals surface area contributed by atoms with Gasteiger partial charge in [0.1, 0.15) is 0 Å². The van der Waals surface area contributed by atoms with Crippen LogP contribution < -0.4 is 0 Å². The van der Waals surface area contributed by atoms with Crippen LogP contribution in [0.5, 0.6) is 0 Å². The molecule has 1 aromatic heterocycles. The van der Waals surface area contributed by atoms with Crippen LogP contribution in [0.2, 0.25) is 0 Å². The van der Waals surface area contributed by atoms with E-state index in [9.17, 15) is 5.11 Å². The highest BCUT2D eigenvalue weighted by Gasteiger charge is 2.07. The molecule has 0 aliphatic carbocycles. The van der Waals surface area contributed by atoms with Gasteiger partial charge in [-0.25, -0.2) is 0 Å². The summed E-state index contributed by atoms with van der Waals surface area (Å²) >= 11 is 0. The second kappa shape index (κ2) is 7.86. The highest BCUT2D eigenvalue weighted by Crippen LogP contribution is 2.20. The molecule has 1 atom stereocenters. The topological polar surface area (TPSA) is 36.0 Å². The summed E-state index contributed by atoms with van der Waals surface area (Å²) in [6, 6.07) is 18.1. The molecule has 0 radical (unpaired) electrons. The van der Waals surface area contributed by atoms with Gasteiger partial charge >= 0.3 is 0 Å². The van der Waals surface area contributed by atoms with Gasteiger partial charge in [0.05, 0.1) is 11.8 Å². The molecule has 0 saturated carbocycles. The lowest BCUT2D eigenvalue weighted by Gasteiger charge is -2.10. The Morgan fingerprint density at radius 3 is 2.71 bits per heavy atom. The fourth-order valence-electron chi connectivity index (χ4n) is 2.86. The number of para-hydroxylation sites is 1. The van der Waals surface area contributed by atoms with E-state index < -0.39 is 6.10 Å². The number of fused-ring (bicyclic) bond motifs is 1. The van der Waals surface area contributed by atoms with Gasteiger partial charge in [0.15, 0.2) is 0 Å². The Hall–Kier alpha value is -2.50. The molecule has 3 aromatic rings. The maximum atomic E-state index is 10.3. The molecular weight excluding hydrogens is 294 g/mol. The summed E-state index contributed by atoms with van der Waals surface area (Å²) in [4.78, 5) is 3.31. The molecule has 0 fully saturated rings. The summed E-state index contributed by atoms with van der Waals surface area (Å²) in [5.74, 6) is 6.37. The summed E-state index contributed by atoms with van der Waals surface area (Å²) in [6.45, 7) is 2.17. The third-order valence-electron chi connectivity index (χ3n) is 4.22. The largest absolute Gasteiger partial charge is 0.388 e. The third-order valence-corrected chi connectivity index (χ3v) is 4.22. The van der Waals surface area contributed by atoms with Crippen molar-refractivity contribution < 1.29 is 5.11 Å². The van der Waals surface area contributed by atoms with Crippen LogP contribution in [0.3, 0.4) is 0 Å². The van der Waals surface area contributed by atoms with Crippen LogP contribution in [0.25, 0.3) is 10.9 Å². The lowest BCUT2D eigenvalue weighted by Crippen LogP contribution is -1.97. The smallest absolute Gasteiger partial charge is 0.0908 e. The minimum atomic E-state index is -0.397. The van der Waals surface area contributed by atoms with Crippen LogP contribution in [0.1, 0.15) is 55.5 Å². The molecule has 122 valence electrons. The molecule has 0 aliphatic rings. The van der Waals surface area contributed by atoms with E-state index in [0.29, 0.717) is 0 Å².